The molecule has 0 atom stereocenters. The van der Waals surface area contributed by atoms with Crippen LogP contribution in [0.1, 0.15) is 12.0 Å². The van der Waals surface area contributed by atoms with Gasteiger partial charge in [0.25, 0.3) is 0 Å². The minimum Gasteiger partial charge on any atom is -0.237 e. The molecule has 1 radical (unpaired) electrons. The molecule has 0 amide bonds. The van der Waals surface area contributed by atoms with Gasteiger partial charge in [-0.2, -0.15) is 0 Å². The average molecular weight is 227 g/mol. The van der Waals surface area contributed by atoms with Gasteiger partial charge in [0.15, 0.2) is 0 Å². The van der Waals surface area contributed by atoms with Gasteiger partial charge >= 0.3 is 0 Å². The molecule has 0 saturated heterocycles. The first-order chi connectivity index (χ1) is 6.79. The molecule has 1 aromatic carbocycles. The van der Waals surface area contributed by atoms with Crippen LogP contribution >= 0.6 is 23.2 Å². The van der Waals surface area contributed by atoms with Gasteiger partial charge in [-0.3, -0.25) is 0 Å². The van der Waals surface area contributed by atoms with Crippen molar-refractivity contribution in [3.05, 3.63) is 39.9 Å². The number of benzene rings is 1. The Labute approximate surface area is 93.7 Å². The molecule has 3 heteroatoms. The second-order valence-corrected chi connectivity index (χ2v) is 4.00. The summed E-state index contributed by atoms with van der Waals surface area (Å²) < 4.78 is 0. The van der Waals surface area contributed by atoms with Gasteiger partial charge in [0.05, 0.1) is 10.0 Å². The van der Waals surface area contributed by atoms with Crippen molar-refractivity contribution in [3.8, 4) is 0 Å². The monoisotopic (exact) mass is 226 g/mol. The van der Waals surface area contributed by atoms with Crippen LogP contribution in [0.15, 0.2) is 24.3 Å². The second-order valence-electron chi connectivity index (χ2n) is 3.21. The Hall–Kier alpha value is -0.500. The van der Waals surface area contributed by atoms with E-state index in [0.29, 0.717) is 10.0 Å². The Morgan fingerprint density at radius 2 is 2.07 bits per heavy atom. The predicted molar refractivity (Wildman–Crippen MR) is 60.9 cm³/mol. The molecule has 1 aliphatic heterocycles. The van der Waals surface area contributed by atoms with E-state index in [4.69, 9.17) is 23.2 Å². The van der Waals surface area contributed by atoms with Gasteiger partial charge in [0, 0.05) is 13.1 Å². The summed E-state index contributed by atoms with van der Waals surface area (Å²) in [6.45, 7) is 1.67. The molecule has 73 valence electrons. The molecule has 1 aromatic rings. The molecular weight excluding hydrogens is 217 g/mol. The quantitative estimate of drug-likeness (QED) is 0.698. The largest absolute Gasteiger partial charge is 0.237 e. The maximum atomic E-state index is 6.12. The van der Waals surface area contributed by atoms with Crippen LogP contribution in [0, 0.1) is 0 Å². The van der Waals surface area contributed by atoms with E-state index in [0.717, 1.165) is 25.1 Å². The van der Waals surface area contributed by atoms with Crippen LogP contribution in [0.3, 0.4) is 0 Å². The van der Waals surface area contributed by atoms with Crippen molar-refractivity contribution in [1.29, 1.82) is 0 Å². The first-order valence-corrected chi connectivity index (χ1v) is 5.31. The van der Waals surface area contributed by atoms with Crippen molar-refractivity contribution >= 4 is 28.8 Å². The first kappa shape index (κ1) is 10.0. The summed E-state index contributed by atoms with van der Waals surface area (Å²) in [5.41, 5.74) is 2.31. The topological polar surface area (TPSA) is 14.1 Å². The van der Waals surface area contributed by atoms with Crippen molar-refractivity contribution in [3.63, 3.8) is 0 Å². The Morgan fingerprint density at radius 1 is 1.21 bits per heavy atom. The Morgan fingerprint density at radius 3 is 2.79 bits per heavy atom. The summed E-state index contributed by atoms with van der Waals surface area (Å²) in [7, 11) is 0. The number of rotatable bonds is 1. The van der Waals surface area contributed by atoms with E-state index in [2.05, 4.69) is 11.4 Å². The molecule has 0 bridgehead atoms. The molecule has 1 heterocycles. The zero-order valence-corrected chi connectivity index (χ0v) is 9.15. The molecule has 2 rings (SSSR count). The molecule has 0 aliphatic carbocycles. The highest BCUT2D eigenvalue weighted by atomic mass is 35.5. The number of halogens is 2. The van der Waals surface area contributed by atoms with Gasteiger partial charge in [-0.15, -0.1) is 0 Å². The number of hydrogen-bond acceptors (Lipinski definition) is 0. The van der Waals surface area contributed by atoms with Gasteiger partial charge < -0.3 is 0 Å². The Bertz CT molecular complexity index is 372. The van der Waals surface area contributed by atoms with Gasteiger partial charge in [-0.1, -0.05) is 41.4 Å². The van der Waals surface area contributed by atoms with E-state index in [-0.39, 0.29) is 0 Å². The van der Waals surface area contributed by atoms with Crippen LogP contribution in [0.5, 0.6) is 0 Å². The van der Waals surface area contributed by atoms with Gasteiger partial charge in [0.1, 0.15) is 0 Å². The third-order valence-corrected chi connectivity index (χ3v) is 3.12. The van der Waals surface area contributed by atoms with Crippen LogP contribution in [0.2, 0.25) is 10.0 Å². The number of nitrogens with zero attached hydrogens (tertiary/aromatic N) is 1. The summed E-state index contributed by atoms with van der Waals surface area (Å²) >= 11 is 12.1. The van der Waals surface area contributed by atoms with Gasteiger partial charge in [0.2, 0.25) is 0 Å². The van der Waals surface area contributed by atoms with Crippen LogP contribution in [-0.2, 0) is 0 Å². The summed E-state index contributed by atoms with van der Waals surface area (Å²) in [4.78, 5) is 0. The Balaban J connectivity index is 2.40. The predicted octanol–water partition coefficient (Wildman–Crippen LogP) is 3.38. The molecular formula is C11H10Cl2N. The lowest BCUT2D eigenvalue weighted by atomic mass is 10.0. The van der Waals surface area contributed by atoms with E-state index in [1.165, 1.54) is 5.57 Å². The van der Waals surface area contributed by atoms with Crippen molar-refractivity contribution in [2.75, 3.05) is 13.1 Å². The molecule has 0 spiro atoms. The summed E-state index contributed by atoms with van der Waals surface area (Å²) in [5.74, 6) is 0. The van der Waals surface area contributed by atoms with Gasteiger partial charge in [-0.25, -0.2) is 5.32 Å². The highest BCUT2D eigenvalue weighted by molar-refractivity contribution is 6.43. The standard InChI is InChI=1S/C11H10Cl2N/c12-10-3-1-2-9(11(10)13)8-4-6-14-7-5-8/h1-4H,5-7H2. The maximum Gasteiger partial charge on any atom is 0.0667 e. The van der Waals surface area contributed by atoms with Crippen LogP contribution in [0.25, 0.3) is 5.57 Å². The van der Waals surface area contributed by atoms with E-state index < -0.39 is 0 Å². The molecule has 0 aromatic heterocycles. The van der Waals surface area contributed by atoms with E-state index in [1.54, 1.807) is 6.07 Å². The second kappa shape index (κ2) is 4.35. The number of hydrogen-bond donors (Lipinski definition) is 0. The Kier molecular flexibility index (Phi) is 3.12. The van der Waals surface area contributed by atoms with Crippen LogP contribution < -0.4 is 5.32 Å². The van der Waals surface area contributed by atoms with E-state index in [1.807, 2.05) is 12.1 Å². The van der Waals surface area contributed by atoms with E-state index in [9.17, 15) is 0 Å². The van der Waals surface area contributed by atoms with Crippen molar-refractivity contribution in [2.24, 2.45) is 0 Å². The molecule has 1 nitrogen and oxygen atoms in total. The average Bonchev–Trinajstić information content (AvgIpc) is 2.23. The maximum absolute atomic E-state index is 6.12. The lowest BCUT2D eigenvalue weighted by Gasteiger charge is -2.14. The van der Waals surface area contributed by atoms with Crippen molar-refractivity contribution < 1.29 is 0 Å². The third kappa shape index (κ3) is 1.95. The third-order valence-electron chi connectivity index (χ3n) is 2.30. The normalized spacial score (nSPS) is 16.6. The molecule has 0 N–H and O–H groups in total. The molecule has 0 fully saturated rings. The van der Waals surface area contributed by atoms with Gasteiger partial charge in [-0.05, 0) is 23.6 Å². The van der Waals surface area contributed by atoms with Crippen LogP contribution in [-0.4, -0.2) is 13.1 Å². The SMILES string of the molecule is Clc1cccc(C2=CC[N]CC2)c1Cl. The van der Waals surface area contributed by atoms with Crippen molar-refractivity contribution in [1.82, 2.24) is 5.32 Å². The summed E-state index contributed by atoms with van der Waals surface area (Å²) in [5, 5.41) is 5.53. The highest BCUT2D eigenvalue weighted by Gasteiger charge is 2.11. The van der Waals surface area contributed by atoms with Crippen LogP contribution in [0.4, 0.5) is 0 Å². The smallest absolute Gasteiger partial charge is 0.0667 e. The molecule has 0 saturated carbocycles. The fraction of sp³-hybridized carbons (Fsp3) is 0.273. The summed E-state index contributed by atoms with van der Waals surface area (Å²) in [6.07, 6.45) is 3.07. The fourth-order valence-electron chi connectivity index (χ4n) is 1.56. The highest BCUT2D eigenvalue weighted by Crippen LogP contribution is 2.32. The molecule has 0 unspecified atom stereocenters. The van der Waals surface area contributed by atoms with E-state index >= 15 is 0 Å². The minimum atomic E-state index is 0.618. The fourth-order valence-corrected chi connectivity index (χ4v) is 1.99. The summed E-state index contributed by atoms with van der Waals surface area (Å²) in [6, 6.07) is 5.74. The van der Waals surface area contributed by atoms with Crippen molar-refractivity contribution in [2.45, 2.75) is 6.42 Å². The lowest BCUT2D eigenvalue weighted by molar-refractivity contribution is 0.723. The molecule has 14 heavy (non-hydrogen) atoms. The minimum absolute atomic E-state index is 0.618. The lowest BCUT2D eigenvalue weighted by Crippen LogP contribution is -2.13. The zero-order valence-electron chi connectivity index (χ0n) is 7.63. The zero-order chi connectivity index (χ0) is 9.97. The molecule has 1 aliphatic rings. The first-order valence-electron chi connectivity index (χ1n) is 4.55.